The molecule has 2 unspecified atom stereocenters. The number of rotatable bonds is 3. The van der Waals surface area contributed by atoms with Gasteiger partial charge in [-0.2, -0.15) is 5.10 Å². The average Bonchev–Trinajstić information content (AvgIpc) is 2.77. The summed E-state index contributed by atoms with van der Waals surface area (Å²) in [4.78, 5) is 0. The van der Waals surface area contributed by atoms with E-state index < -0.39 is 0 Å². The van der Waals surface area contributed by atoms with E-state index in [-0.39, 0.29) is 0 Å². The number of anilines is 1. The Kier molecular flexibility index (Phi) is 3.44. The van der Waals surface area contributed by atoms with Crippen molar-refractivity contribution in [2.24, 2.45) is 7.05 Å². The number of nitrogens with zero attached hydrogens (tertiary/aromatic N) is 2. The fraction of sp³-hybridized carbons (Fsp3) is 0.727. The second-order valence-electron chi connectivity index (χ2n) is 4.16. The van der Waals surface area contributed by atoms with Gasteiger partial charge in [0.05, 0.1) is 17.5 Å². The highest BCUT2D eigenvalue weighted by atomic mass is 32.2. The molecule has 0 spiro atoms. The predicted octanol–water partition coefficient (Wildman–Crippen LogP) is 1.83. The third-order valence-corrected chi connectivity index (χ3v) is 4.64. The predicted molar refractivity (Wildman–Crippen MR) is 66.7 cm³/mol. The van der Waals surface area contributed by atoms with Crippen molar-refractivity contribution >= 4 is 17.4 Å². The van der Waals surface area contributed by atoms with Crippen molar-refractivity contribution in [3.05, 3.63) is 5.69 Å². The van der Waals surface area contributed by atoms with Gasteiger partial charge in [0.1, 0.15) is 5.03 Å². The van der Waals surface area contributed by atoms with E-state index in [1.807, 2.05) is 11.7 Å². The van der Waals surface area contributed by atoms with E-state index in [0.717, 1.165) is 35.9 Å². The van der Waals surface area contributed by atoms with E-state index in [0.29, 0.717) is 11.4 Å². The van der Waals surface area contributed by atoms with E-state index in [1.54, 1.807) is 11.8 Å². The molecule has 2 heterocycles. The number of ether oxygens (including phenoxy) is 1. The van der Waals surface area contributed by atoms with Gasteiger partial charge in [-0.3, -0.25) is 4.68 Å². The van der Waals surface area contributed by atoms with Crippen molar-refractivity contribution in [1.82, 2.24) is 9.78 Å². The minimum Gasteiger partial charge on any atom is -0.395 e. The summed E-state index contributed by atoms with van der Waals surface area (Å²) < 4.78 is 7.45. The lowest BCUT2D eigenvalue weighted by Gasteiger charge is -2.13. The minimum absolute atomic E-state index is 0.310. The summed E-state index contributed by atoms with van der Waals surface area (Å²) in [5.41, 5.74) is 7.93. The SMILES string of the molecule is CCc1nn(C)c(SC2CCOC2C)c1N. The molecule has 0 radical (unpaired) electrons. The first-order chi connectivity index (χ1) is 7.63. The molecule has 2 N–H and O–H groups in total. The van der Waals surface area contributed by atoms with Crippen molar-refractivity contribution < 1.29 is 4.74 Å². The zero-order valence-corrected chi connectivity index (χ0v) is 10.9. The Morgan fingerprint density at radius 2 is 2.38 bits per heavy atom. The van der Waals surface area contributed by atoms with E-state index in [1.165, 1.54) is 0 Å². The second-order valence-corrected chi connectivity index (χ2v) is 5.39. The maximum Gasteiger partial charge on any atom is 0.117 e. The van der Waals surface area contributed by atoms with Crippen molar-refractivity contribution in [3.8, 4) is 0 Å². The standard InChI is InChI=1S/C11H19N3OS/c1-4-8-10(12)11(14(3)13-8)16-9-5-6-15-7(9)2/h7,9H,4-6,12H2,1-3H3. The first kappa shape index (κ1) is 11.8. The number of nitrogens with two attached hydrogens (primary N) is 1. The molecule has 2 atom stereocenters. The molecule has 1 aliphatic rings. The Morgan fingerprint density at radius 3 is 2.88 bits per heavy atom. The molecule has 5 heteroatoms. The zero-order valence-electron chi connectivity index (χ0n) is 10.1. The van der Waals surface area contributed by atoms with Crippen LogP contribution in [0.15, 0.2) is 5.03 Å². The van der Waals surface area contributed by atoms with Crippen LogP contribution < -0.4 is 5.73 Å². The quantitative estimate of drug-likeness (QED) is 0.877. The van der Waals surface area contributed by atoms with Crippen LogP contribution in [0.1, 0.15) is 26.0 Å². The van der Waals surface area contributed by atoms with Crippen LogP contribution in [-0.4, -0.2) is 27.7 Å². The van der Waals surface area contributed by atoms with Crippen LogP contribution in [0.2, 0.25) is 0 Å². The average molecular weight is 241 g/mol. The zero-order chi connectivity index (χ0) is 11.7. The summed E-state index contributed by atoms with van der Waals surface area (Å²) in [5, 5.41) is 6.01. The summed E-state index contributed by atoms with van der Waals surface area (Å²) in [6, 6.07) is 0. The van der Waals surface area contributed by atoms with Crippen LogP contribution >= 0.6 is 11.8 Å². The molecule has 0 saturated carbocycles. The van der Waals surface area contributed by atoms with E-state index in [9.17, 15) is 0 Å². The molecule has 1 fully saturated rings. The molecule has 1 aromatic rings. The highest BCUT2D eigenvalue weighted by molar-refractivity contribution is 8.00. The lowest BCUT2D eigenvalue weighted by molar-refractivity contribution is 0.127. The fourth-order valence-electron chi connectivity index (χ4n) is 1.99. The normalized spacial score (nSPS) is 25.2. The van der Waals surface area contributed by atoms with Crippen LogP contribution in [0, 0.1) is 0 Å². The molecule has 4 nitrogen and oxygen atoms in total. The maximum absolute atomic E-state index is 6.09. The van der Waals surface area contributed by atoms with Gasteiger partial charge in [0, 0.05) is 18.9 Å². The number of hydrogen-bond donors (Lipinski definition) is 1. The first-order valence-corrected chi connectivity index (χ1v) is 6.61. The van der Waals surface area contributed by atoms with Gasteiger partial charge in [0.15, 0.2) is 0 Å². The molecule has 0 bridgehead atoms. The van der Waals surface area contributed by atoms with Gasteiger partial charge < -0.3 is 10.5 Å². The minimum atomic E-state index is 0.310. The number of nitrogen functional groups attached to an aromatic ring is 1. The lowest BCUT2D eigenvalue weighted by atomic mass is 10.3. The van der Waals surface area contributed by atoms with E-state index in [2.05, 4.69) is 18.9 Å². The lowest BCUT2D eigenvalue weighted by Crippen LogP contribution is -2.14. The van der Waals surface area contributed by atoms with Gasteiger partial charge in [-0.25, -0.2) is 0 Å². The largest absolute Gasteiger partial charge is 0.395 e. The molecule has 16 heavy (non-hydrogen) atoms. The van der Waals surface area contributed by atoms with Crippen LogP contribution in [0.4, 0.5) is 5.69 Å². The monoisotopic (exact) mass is 241 g/mol. The number of aryl methyl sites for hydroxylation is 2. The molecule has 1 aliphatic heterocycles. The first-order valence-electron chi connectivity index (χ1n) is 5.73. The maximum atomic E-state index is 6.09. The second kappa shape index (κ2) is 4.67. The third-order valence-electron chi connectivity index (χ3n) is 3.01. The summed E-state index contributed by atoms with van der Waals surface area (Å²) in [6.07, 6.45) is 2.29. The van der Waals surface area contributed by atoms with Gasteiger partial charge in [-0.05, 0) is 19.8 Å². The van der Waals surface area contributed by atoms with Crippen molar-refractivity contribution in [2.75, 3.05) is 12.3 Å². The molecule has 0 aliphatic carbocycles. The number of thioether (sulfide) groups is 1. The van der Waals surface area contributed by atoms with Gasteiger partial charge in [0.2, 0.25) is 0 Å². The molecule has 2 rings (SSSR count). The molecule has 1 saturated heterocycles. The summed E-state index contributed by atoms with van der Waals surface area (Å²) in [6.45, 7) is 5.06. The topological polar surface area (TPSA) is 53.1 Å². The van der Waals surface area contributed by atoms with Gasteiger partial charge in [-0.15, -0.1) is 0 Å². The third kappa shape index (κ3) is 2.06. The Bertz CT molecular complexity index is 378. The highest BCUT2D eigenvalue weighted by Crippen LogP contribution is 2.36. The van der Waals surface area contributed by atoms with Crippen molar-refractivity contribution in [1.29, 1.82) is 0 Å². The van der Waals surface area contributed by atoms with Crippen molar-refractivity contribution in [2.45, 2.75) is 43.1 Å². The van der Waals surface area contributed by atoms with E-state index in [4.69, 9.17) is 10.5 Å². The van der Waals surface area contributed by atoms with E-state index >= 15 is 0 Å². The number of aromatic nitrogens is 2. The smallest absolute Gasteiger partial charge is 0.117 e. The van der Waals surface area contributed by atoms with Crippen LogP contribution in [0.25, 0.3) is 0 Å². The molecular weight excluding hydrogens is 222 g/mol. The Hall–Kier alpha value is -0.680. The van der Waals surface area contributed by atoms with Crippen LogP contribution in [0.3, 0.4) is 0 Å². The molecule has 0 aromatic carbocycles. The Balaban J connectivity index is 2.17. The van der Waals surface area contributed by atoms with Crippen LogP contribution in [0.5, 0.6) is 0 Å². The molecule has 0 amide bonds. The summed E-state index contributed by atoms with van der Waals surface area (Å²) in [5.74, 6) is 0. The fourth-order valence-corrected chi connectivity index (χ4v) is 3.20. The highest BCUT2D eigenvalue weighted by Gasteiger charge is 2.27. The Labute approximate surface area is 101 Å². The van der Waals surface area contributed by atoms with Gasteiger partial charge >= 0.3 is 0 Å². The van der Waals surface area contributed by atoms with Gasteiger partial charge in [-0.1, -0.05) is 18.7 Å². The summed E-state index contributed by atoms with van der Waals surface area (Å²) >= 11 is 1.80. The van der Waals surface area contributed by atoms with Gasteiger partial charge in [0.25, 0.3) is 0 Å². The molecule has 90 valence electrons. The van der Waals surface area contributed by atoms with Crippen LogP contribution in [-0.2, 0) is 18.2 Å². The molecule has 1 aromatic heterocycles. The molecular formula is C11H19N3OS. The summed E-state index contributed by atoms with van der Waals surface area (Å²) in [7, 11) is 1.96. The van der Waals surface area contributed by atoms with Crippen molar-refractivity contribution in [3.63, 3.8) is 0 Å². The Morgan fingerprint density at radius 1 is 1.62 bits per heavy atom. The number of hydrogen-bond acceptors (Lipinski definition) is 4.